The van der Waals surface area contributed by atoms with Gasteiger partial charge in [-0.05, 0) is 83.8 Å². The average Bonchev–Trinajstić information content (AvgIpc) is 3.85. The zero-order chi connectivity index (χ0) is 36.8. The Labute approximate surface area is 302 Å². The van der Waals surface area contributed by atoms with E-state index in [4.69, 9.17) is 4.74 Å². The molecule has 2 aliphatic rings. The Kier molecular flexibility index (Phi) is 11.1. The summed E-state index contributed by atoms with van der Waals surface area (Å²) in [6, 6.07) is 22.8. The van der Waals surface area contributed by atoms with Gasteiger partial charge < -0.3 is 30.5 Å². The summed E-state index contributed by atoms with van der Waals surface area (Å²) in [6.45, 7) is 4.65. The predicted octanol–water partition coefficient (Wildman–Crippen LogP) is 5.38. The van der Waals surface area contributed by atoms with Crippen molar-refractivity contribution >= 4 is 52.0 Å². The number of benzene rings is 3. The minimum Gasteiger partial charge on any atom is -0.453 e. The van der Waals surface area contributed by atoms with E-state index < -0.39 is 24.2 Å². The van der Waals surface area contributed by atoms with E-state index in [-0.39, 0.29) is 36.0 Å². The molecular formula is C40H44N6O6. The van der Waals surface area contributed by atoms with Crippen LogP contribution in [0.4, 0.5) is 16.3 Å². The molecular weight excluding hydrogens is 660 g/mol. The van der Waals surface area contributed by atoms with Gasteiger partial charge in [-0.25, -0.2) is 9.78 Å². The maximum Gasteiger partial charge on any atom is 0.407 e. The van der Waals surface area contributed by atoms with Gasteiger partial charge in [0.2, 0.25) is 23.6 Å². The van der Waals surface area contributed by atoms with E-state index in [1.807, 2.05) is 86.6 Å². The van der Waals surface area contributed by atoms with Gasteiger partial charge in [-0.1, -0.05) is 62.4 Å². The Hall–Kier alpha value is -5.78. The standard InChI is InChI=1S/C40H44N6O6/c1-25(2)36(44-40(51)52-3)39(50)46-20-8-12-33(46)37(48)42-31-17-15-27-22-28(13-14-29(27)23-31)30-16-18-34(41-24-30)43-38(49)32-11-7-19-45(32)35(47)21-26-9-5-4-6-10-26/h4-6,9-10,13-18,22-25,32-33,36H,7-8,11-12,19-21H2,1-3H3,(H,42,48)(H,44,51)(H,41,43,49)/t32-,33-,36-/m0/s1. The van der Waals surface area contributed by atoms with Crippen molar-refractivity contribution in [1.82, 2.24) is 20.1 Å². The third-order valence-electron chi connectivity index (χ3n) is 9.76. The first-order valence-corrected chi connectivity index (χ1v) is 17.7. The van der Waals surface area contributed by atoms with Crippen molar-refractivity contribution in [3.8, 4) is 11.1 Å². The third-order valence-corrected chi connectivity index (χ3v) is 9.76. The molecule has 2 fully saturated rings. The molecule has 52 heavy (non-hydrogen) atoms. The van der Waals surface area contributed by atoms with Gasteiger partial charge in [-0.15, -0.1) is 0 Å². The summed E-state index contributed by atoms with van der Waals surface area (Å²) < 4.78 is 4.69. The van der Waals surface area contributed by atoms with Crippen molar-refractivity contribution in [2.75, 3.05) is 30.8 Å². The largest absolute Gasteiger partial charge is 0.453 e. The Morgan fingerprint density at radius 1 is 0.788 bits per heavy atom. The molecule has 12 nitrogen and oxygen atoms in total. The molecule has 3 heterocycles. The van der Waals surface area contributed by atoms with Crippen LogP contribution in [0.15, 0.2) is 85.1 Å². The zero-order valence-electron chi connectivity index (χ0n) is 29.6. The monoisotopic (exact) mass is 704 g/mol. The molecule has 0 spiro atoms. The van der Waals surface area contributed by atoms with Crippen molar-refractivity contribution in [2.24, 2.45) is 5.92 Å². The molecule has 0 radical (unpaired) electrons. The molecule has 0 bridgehead atoms. The van der Waals surface area contributed by atoms with Gasteiger partial charge in [0.25, 0.3) is 0 Å². The van der Waals surface area contributed by atoms with Gasteiger partial charge in [-0.2, -0.15) is 0 Å². The second-order valence-electron chi connectivity index (χ2n) is 13.6. The van der Waals surface area contributed by atoms with E-state index in [1.165, 1.54) is 7.11 Å². The van der Waals surface area contributed by atoms with E-state index in [1.54, 1.807) is 22.1 Å². The van der Waals surface area contributed by atoms with Crippen LogP contribution in [0.3, 0.4) is 0 Å². The Morgan fingerprint density at radius 2 is 1.44 bits per heavy atom. The number of aromatic nitrogens is 1. The topological polar surface area (TPSA) is 150 Å². The van der Waals surface area contributed by atoms with Crippen LogP contribution in [-0.4, -0.2) is 82.8 Å². The highest BCUT2D eigenvalue weighted by Gasteiger charge is 2.39. The number of hydrogen-bond acceptors (Lipinski definition) is 7. The first-order valence-electron chi connectivity index (χ1n) is 17.7. The van der Waals surface area contributed by atoms with Crippen molar-refractivity contribution in [3.63, 3.8) is 0 Å². The summed E-state index contributed by atoms with van der Waals surface area (Å²) in [5.41, 5.74) is 3.33. The van der Waals surface area contributed by atoms with Gasteiger partial charge in [-0.3, -0.25) is 19.2 Å². The summed E-state index contributed by atoms with van der Waals surface area (Å²) >= 11 is 0. The molecule has 12 heteroatoms. The van der Waals surface area contributed by atoms with E-state index in [2.05, 4.69) is 20.9 Å². The zero-order valence-corrected chi connectivity index (χ0v) is 29.6. The van der Waals surface area contributed by atoms with E-state index in [0.717, 1.165) is 33.9 Å². The van der Waals surface area contributed by atoms with Gasteiger partial charge in [0, 0.05) is 30.5 Å². The molecule has 3 aromatic carbocycles. The molecule has 4 aromatic rings. The highest BCUT2D eigenvalue weighted by atomic mass is 16.5. The summed E-state index contributed by atoms with van der Waals surface area (Å²) in [6.07, 6.45) is 3.88. The minimum absolute atomic E-state index is 0.0588. The van der Waals surface area contributed by atoms with Gasteiger partial charge in [0.1, 0.15) is 23.9 Å². The number of likely N-dealkylation sites (tertiary alicyclic amines) is 2. The molecule has 3 N–H and O–H groups in total. The maximum absolute atomic E-state index is 13.4. The Bertz CT molecular complexity index is 1950. The van der Waals surface area contributed by atoms with Crippen LogP contribution >= 0.6 is 0 Å². The SMILES string of the molecule is COC(=O)N[C@H](C(=O)N1CCC[C@H]1C(=O)Nc1ccc2cc(-c3ccc(NC(=O)[C@@H]4CCCN4C(=O)Cc4ccccc4)nc3)ccc2c1)C(C)C. The molecule has 5 amide bonds. The number of carbonyl (C=O) groups excluding carboxylic acids is 5. The lowest BCUT2D eigenvalue weighted by molar-refractivity contribution is -0.139. The minimum atomic E-state index is -0.800. The lowest BCUT2D eigenvalue weighted by atomic mass is 10.0. The number of carbonyl (C=O) groups is 5. The number of nitrogens with zero attached hydrogens (tertiary/aromatic N) is 3. The van der Waals surface area contributed by atoms with Crippen molar-refractivity contribution in [2.45, 2.75) is 64.1 Å². The van der Waals surface area contributed by atoms with Gasteiger partial charge in [0.15, 0.2) is 0 Å². The fourth-order valence-corrected chi connectivity index (χ4v) is 6.97. The number of ether oxygens (including phenoxy) is 1. The van der Waals surface area contributed by atoms with E-state index >= 15 is 0 Å². The number of rotatable bonds is 10. The second kappa shape index (κ2) is 16.1. The number of hydrogen-bond donors (Lipinski definition) is 3. The fourth-order valence-electron chi connectivity index (χ4n) is 6.97. The van der Waals surface area contributed by atoms with Crippen LogP contribution in [0, 0.1) is 5.92 Å². The number of amides is 5. The molecule has 2 aliphatic heterocycles. The van der Waals surface area contributed by atoms with Crippen LogP contribution in [0.2, 0.25) is 0 Å². The van der Waals surface area contributed by atoms with Crippen molar-refractivity contribution < 1.29 is 28.7 Å². The van der Waals surface area contributed by atoms with E-state index in [0.29, 0.717) is 43.9 Å². The van der Waals surface area contributed by atoms with E-state index in [9.17, 15) is 24.0 Å². The van der Waals surface area contributed by atoms with Crippen LogP contribution < -0.4 is 16.0 Å². The molecule has 3 atom stereocenters. The third kappa shape index (κ3) is 8.22. The lowest BCUT2D eigenvalue weighted by Gasteiger charge is -2.30. The maximum atomic E-state index is 13.4. The first kappa shape index (κ1) is 36.0. The van der Waals surface area contributed by atoms with Crippen LogP contribution in [-0.2, 0) is 30.3 Å². The van der Waals surface area contributed by atoms with Crippen molar-refractivity contribution in [3.05, 3.63) is 90.6 Å². The normalized spacial score (nSPS) is 17.5. The molecule has 1 aromatic heterocycles. The van der Waals surface area contributed by atoms with Crippen LogP contribution in [0.1, 0.15) is 45.1 Å². The second-order valence-corrected chi connectivity index (χ2v) is 13.6. The number of anilines is 2. The number of pyridine rings is 1. The molecule has 6 rings (SSSR count). The van der Waals surface area contributed by atoms with Gasteiger partial charge >= 0.3 is 6.09 Å². The quantitative estimate of drug-likeness (QED) is 0.201. The smallest absolute Gasteiger partial charge is 0.407 e. The molecule has 270 valence electrons. The highest BCUT2D eigenvalue weighted by Crippen LogP contribution is 2.28. The van der Waals surface area contributed by atoms with Crippen LogP contribution in [0.5, 0.6) is 0 Å². The number of alkyl carbamates (subject to hydrolysis) is 1. The number of fused-ring (bicyclic) bond motifs is 1. The first-order chi connectivity index (χ1) is 25.1. The van der Waals surface area contributed by atoms with Gasteiger partial charge in [0.05, 0.1) is 13.5 Å². The predicted molar refractivity (Wildman–Crippen MR) is 198 cm³/mol. The number of methoxy groups -OCH3 is 1. The molecule has 0 aliphatic carbocycles. The summed E-state index contributed by atoms with van der Waals surface area (Å²) in [5, 5.41) is 10.3. The summed E-state index contributed by atoms with van der Waals surface area (Å²) in [7, 11) is 1.25. The number of nitrogens with one attached hydrogen (secondary N) is 3. The Morgan fingerprint density at radius 3 is 2.13 bits per heavy atom. The van der Waals surface area contributed by atoms with Crippen LogP contribution in [0.25, 0.3) is 21.9 Å². The summed E-state index contributed by atoms with van der Waals surface area (Å²) in [5.74, 6) is -0.654. The lowest BCUT2D eigenvalue weighted by Crippen LogP contribution is -2.54. The molecule has 2 saturated heterocycles. The summed E-state index contributed by atoms with van der Waals surface area (Å²) in [4.78, 5) is 72.5. The molecule has 0 unspecified atom stereocenters. The highest BCUT2D eigenvalue weighted by molar-refractivity contribution is 6.01. The molecule has 0 saturated carbocycles. The fraction of sp³-hybridized carbons (Fsp3) is 0.350. The van der Waals surface area contributed by atoms with Crippen molar-refractivity contribution in [1.29, 1.82) is 0 Å². The average molecular weight is 705 g/mol. The Balaban J connectivity index is 1.07.